The monoisotopic (exact) mass is 448 g/mol. The van der Waals surface area contributed by atoms with Crippen LogP contribution in [0.2, 0.25) is 5.02 Å². The van der Waals surface area contributed by atoms with Gasteiger partial charge in [0.25, 0.3) is 5.56 Å². The van der Waals surface area contributed by atoms with Gasteiger partial charge in [0.05, 0.1) is 22.3 Å². The van der Waals surface area contributed by atoms with Gasteiger partial charge in [-0.1, -0.05) is 29.8 Å². The number of halogens is 1. The number of aromatic nitrogens is 2. The van der Waals surface area contributed by atoms with Gasteiger partial charge < -0.3 is 5.32 Å². The van der Waals surface area contributed by atoms with E-state index in [-0.39, 0.29) is 10.6 Å². The molecule has 3 aromatic rings. The first-order chi connectivity index (χ1) is 14.1. The lowest BCUT2D eigenvalue weighted by atomic mass is 10.3. The number of para-hydroxylation sites is 1. The number of hydrogen-bond donors (Lipinski definition) is 2. The van der Waals surface area contributed by atoms with Crippen LogP contribution >= 0.6 is 11.6 Å². The Morgan fingerprint density at radius 1 is 1.07 bits per heavy atom. The fourth-order valence-electron chi connectivity index (χ4n) is 2.91. The van der Waals surface area contributed by atoms with Gasteiger partial charge in [0.1, 0.15) is 5.69 Å². The summed E-state index contributed by atoms with van der Waals surface area (Å²) in [6.07, 6.45) is 0. The maximum Gasteiger partial charge on any atom is 0.295 e. The maximum atomic E-state index is 12.9. The number of hydrogen-bond acceptors (Lipinski definition) is 4. The summed E-state index contributed by atoms with van der Waals surface area (Å²) in [7, 11) is -2.24. The third-order valence-electron chi connectivity index (χ3n) is 4.65. The third kappa shape index (κ3) is 4.33. The van der Waals surface area contributed by atoms with Crippen LogP contribution in [0.4, 0.5) is 5.69 Å². The molecule has 1 heterocycles. The molecule has 0 saturated carbocycles. The summed E-state index contributed by atoms with van der Waals surface area (Å²) in [4.78, 5) is 25.5. The van der Waals surface area contributed by atoms with Gasteiger partial charge in [0.15, 0.2) is 0 Å². The van der Waals surface area contributed by atoms with Crippen molar-refractivity contribution in [3.05, 3.63) is 75.7 Å². The summed E-state index contributed by atoms with van der Waals surface area (Å²) < 4.78 is 30.3. The predicted octanol–water partition coefficient (Wildman–Crippen LogP) is 2.44. The molecule has 8 nitrogen and oxygen atoms in total. The molecule has 10 heteroatoms. The smallest absolute Gasteiger partial charge is 0.295 e. The summed E-state index contributed by atoms with van der Waals surface area (Å²) in [5, 5.41) is 2.95. The van der Waals surface area contributed by atoms with Crippen molar-refractivity contribution in [2.45, 2.75) is 24.8 Å². The SMILES string of the molecule is Cc1c(NC(=O)C(C)NS(=O)(=O)c2ccc(Cl)cc2)c(=O)n(-c2ccccc2)n1C. The molecule has 0 aliphatic carbocycles. The molecule has 3 rings (SSSR count). The highest BCUT2D eigenvalue weighted by Crippen LogP contribution is 2.16. The Balaban J connectivity index is 1.82. The van der Waals surface area contributed by atoms with E-state index in [4.69, 9.17) is 11.6 Å². The second kappa shape index (κ2) is 8.47. The van der Waals surface area contributed by atoms with Crippen molar-refractivity contribution >= 4 is 33.2 Å². The summed E-state index contributed by atoms with van der Waals surface area (Å²) in [6.45, 7) is 3.09. The molecule has 0 saturated heterocycles. The molecule has 0 spiro atoms. The zero-order valence-corrected chi connectivity index (χ0v) is 18.2. The molecule has 0 aliphatic heterocycles. The summed E-state index contributed by atoms with van der Waals surface area (Å²) >= 11 is 5.78. The minimum atomic E-state index is -3.94. The van der Waals surface area contributed by atoms with E-state index in [0.717, 1.165) is 0 Å². The molecular weight excluding hydrogens is 428 g/mol. The lowest BCUT2D eigenvalue weighted by Crippen LogP contribution is -2.42. The van der Waals surface area contributed by atoms with E-state index < -0.39 is 27.5 Å². The Morgan fingerprint density at radius 3 is 2.27 bits per heavy atom. The van der Waals surface area contributed by atoms with Crippen molar-refractivity contribution in [3.63, 3.8) is 0 Å². The number of benzene rings is 2. The zero-order chi connectivity index (χ0) is 22.1. The first-order valence-electron chi connectivity index (χ1n) is 9.04. The Bertz CT molecular complexity index is 1230. The number of carbonyl (C=O) groups is 1. The van der Waals surface area contributed by atoms with Gasteiger partial charge in [-0.15, -0.1) is 0 Å². The van der Waals surface area contributed by atoms with Crippen LogP contribution in [-0.4, -0.2) is 29.7 Å². The van der Waals surface area contributed by atoms with Gasteiger partial charge in [-0.25, -0.2) is 13.1 Å². The van der Waals surface area contributed by atoms with Crippen molar-refractivity contribution in [2.75, 3.05) is 5.32 Å². The Kier molecular flexibility index (Phi) is 6.16. The van der Waals surface area contributed by atoms with Crippen molar-refractivity contribution < 1.29 is 13.2 Å². The van der Waals surface area contributed by atoms with Gasteiger partial charge in [0, 0.05) is 12.1 Å². The van der Waals surface area contributed by atoms with E-state index in [1.165, 1.54) is 35.9 Å². The van der Waals surface area contributed by atoms with E-state index >= 15 is 0 Å². The minimum absolute atomic E-state index is 0.0196. The molecule has 158 valence electrons. The average molecular weight is 449 g/mol. The topological polar surface area (TPSA) is 102 Å². The normalized spacial score (nSPS) is 12.5. The van der Waals surface area contributed by atoms with Gasteiger partial charge in [0.2, 0.25) is 15.9 Å². The van der Waals surface area contributed by atoms with Gasteiger partial charge in [-0.2, -0.15) is 4.72 Å². The number of sulfonamides is 1. The standard InChI is InChI=1S/C20H21ClN4O4S/c1-13(23-30(28,29)17-11-9-15(21)10-12-17)19(26)22-18-14(2)24(3)25(20(18)27)16-7-5-4-6-8-16/h4-13,23H,1-3H3,(H,22,26). The highest BCUT2D eigenvalue weighted by molar-refractivity contribution is 7.89. The largest absolute Gasteiger partial charge is 0.319 e. The Morgan fingerprint density at radius 2 is 1.67 bits per heavy atom. The molecule has 0 radical (unpaired) electrons. The van der Waals surface area contributed by atoms with Gasteiger partial charge >= 0.3 is 0 Å². The Hall–Kier alpha value is -2.88. The van der Waals surface area contributed by atoms with Crippen LogP contribution in [0, 0.1) is 6.92 Å². The van der Waals surface area contributed by atoms with E-state index in [0.29, 0.717) is 16.4 Å². The van der Waals surface area contributed by atoms with Crippen LogP contribution in [0.5, 0.6) is 0 Å². The molecule has 30 heavy (non-hydrogen) atoms. The van der Waals surface area contributed by atoms with Crippen LogP contribution < -0.4 is 15.6 Å². The molecular formula is C20H21ClN4O4S. The molecule has 1 amide bonds. The average Bonchev–Trinajstić information content (AvgIpc) is 2.91. The van der Waals surface area contributed by atoms with Crippen LogP contribution in [0.3, 0.4) is 0 Å². The third-order valence-corrected chi connectivity index (χ3v) is 6.46. The molecule has 0 aliphatic rings. The number of rotatable bonds is 6. The number of nitrogens with one attached hydrogen (secondary N) is 2. The van der Waals surface area contributed by atoms with Gasteiger partial charge in [-0.05, 0) is 50.2 Å². The van der Waals surface area contributed by atoms with Crippen molar-refractivity contribution in [1.82, 2.24) is 14.1 Å². The van der Waals surface area contributed by atoms with Crippen LogP contribution in [0.1, 0.15) is 12.6 Å². The second-order valence-electron chi connectivity index (χ2n) is 6.72. The fourth-order valence-corrected chi connectivity index (χ4v) is 4.24. The van der Waals surface area contributed by atoms with Crippen LogP contribution in [0.15, 0.2) is 64.3 Å². The van der Waals surface area contributed by atoms with Crippen LogP contribution in [0.25, 0.3) is 5.69 Å². The molecule has 1 unspecified atom stereocenters. The summed E-state index contributed by atoms with van der Waals surface area (Å²) in [6, 6.07) is 13.4. The molecule has 2 N–H and O–H groups in total. The molecule has 0 fully saturated rings. The van der Waals surface area contributed by atoms with Gasteiger partial charge in [-0.3, -0.25) is 14.3 Å². The molecule has 1 atom stereocenters. The van der Waals surface area contributed by atoms with Crippen molar-refractivity contribution in [2.24, 2.45) is 7.05 Å². The van der Waals surface area contributed by atoms with E-state index in [1.807, 2.05) is 6.07 Å². The fraction of sp³-hybridized carbons (Fsp3) is 0.200. The first-order valence-corrected chi connectivity index (χ1v) is 10.9. The van der Waals surface area contributed by atoms with Crippen LogP contribution in [-0.2, 0) is 21.9 Å². The minimum Gasteiger partial charge on any atom is -0.319 e. The number of anilines is 1. The number of carbonyl (C=O) groups excluding carboxylic acids is 1. The summed E-state index contributed by atoms with van der Waals surface area (Å²) in [5.41, 5.74) is 0.848. The number of amides is 1. The quantitative estimate of drug-likeness (QED) is 0.604. The van der Waals surface area contributed by atoms with E-state index in [2.05, 4.69) is 10.0 Å². The highest BCUT2D eigenvalue weighted by atomic mass is 35.5. The molecule has 0 bridgehead atoms. The zero-order valence-electron chi connectivity index (χ0n) is 16.6. The number of nitrogens with zero attached hydrogens (tertiary/aromatic N) is 2. The Labute approximate surface area is 179 Å². The highest BCUT2D eigenvalue weighted by Gasteiger charge is 2.25. The van der Waals surface area contributed by atoms with E-state index in [9.17, 15) is 18.0 Å². The summed E-state index contributed by atoms with van der Waals surface area (Å²) in [5.74, 6) is -0.654. The van der Waals surface area contributed by atoms with E-state index in [1.54, 1.807) is 42.9 Å². The predicted molar refractivity (Wildman–Crippen MR) is 116 cm³/mol. The lowest BCUT2D eigenvalue weighted by Gasteiger charge is -2.14. The molecule has 2 aromatic carbocycles. The van der Waals surface area contributed by atoms with Crippen molar-refractivity contribution in [3.8, 4) is 5.69 Å². The first kappa shape index (κ1) is 21.8. The second-order valence-corrected chi connectivity index (χ2v) is 8.87. The lowest BCUT2D eigenvalue weighted by molar-refractivity contribution is -0.117. The maximum absolute atomic E-state index is 12.9. The van der Waals surface area contributed by atoms with Crippen molar-refractivity contribution in [1.29, 1.82) is 0 Å². The molecule has 1 aromatic heterocycles.